The minimum absolute atomic E-state index is 0.0870. The lowest BCUT2D eigenvalue weighted by Crippen LogP contribution is -2.35. The van der Waals surface area contributed by atoms with E-state index in [2.05, 4.69) is 4.98 Å². The van der Waals surface area contributed by atoms with E-state index in [0.717, 1.165) is 55.0 Å². The molecule has 0 radical (unpaired) electrons. The van der Waals surface area contributed by atoms with Gasteiger partial charge in [0.2, 0.25) is 0 Å². The molecule has 1 saturated heterocycles. The third-order valence-electron chi connectivity index (χ3n) is 4.18. The lowest BCUT2D eigenvalue weighted by Gasteiger charge is -2.35. The van der Waals surface area contributed by atoms with Crippen molar-refractivity contribution in [1.82, 2.24) is 4.98 Å². The predicted octanol–water partition coefficient (Wildman–Crippen LogP) is 2.04. The normalized spacial score (nSPS) is 18.3. The summed E-state index contributed by atoms with van der Waals surface area (Å²) in [5, 5.41) is 9.76. The number of methoxy groups -OCH3 is 1. The molecule has 0 spiro atoms. The highest BCUT2D eigenvalue weighted by atomic mass is 16.5. The van der Waals surface area contributed by atoms with Gasteiger partial charge in [0.15, 0.2) is 0 Å². The Hall–Kier alpha value is -1.13. The van der Waals surface area contributed by atoms with E-state index >= 15 is 0 Å². The topological polar surface area (TPSA) is 51.6 Å². The van der Waals surface area contributed by atoms with Crippen LogP contribution in [0.3, 0.4) is 0 Å². The minimum atomic E-state index is -0.0870. The van der Waals surface area contributed by atoms with Crippen LogP contribution in [0, 0.1) is 19.3 Å². The Balaban J connectivity index is 2.27. The van der Waals surface area contributed by atoms with Crippen molar-refractivity contribution in [2.45, 2.75) is 33.1 Å². The first kappa shape index (κ1) is 14.3. The molecule has 2 rings (SSSR count). The summed E-state index contributed by atoms with van der Waals surface area (Å²) >= 11 is 0. The molecule has 1 aromatic rings. The molecule has 0 bridgehead atoms. The molecule has 1 aliphatic rings. The average molecular weight is 265 g/mol. The lowest BCUT2D eigenvalue weighted by molar-refractivity contribution is -0.0163. The Morgan fingerprint density at radius 2 is 2.05 bits per heavy atom. The highest BCUT2D eigenvalue weighted by Crippen LogP contribution is 2.35. The fourth-order valence-corrected chi connectivity index (χ4v) is 2.80. The maximum atomic E-state index is 9.76. The third-order valence-corrected chi connectivity index (χ3v) is 4.18. The first-order valence-electron chi connectivity index (χ1n) is 6.79. The predicted molar refractivity (Wildman–Crippen MR) is 73.5 cm³/mol. The molecule has 0 unspecified atom stereocenters. The summed E-state index contributed by atoms with van der Waals surface area (Å²) in [6.45, 7) is 5.68. The van der Waals surface area contributed by atoms with Crippen LogP contribution in [-0.2, 0) is 11.2 Å². The largest absolute Gasteiger partial charge is 0.496 e. The molecule has 19 heavy (non-hydrogen) atoms. The molecule has 106 valence electrons. The molecular weight excluding hydrogens is 242 g/mol. The molecule has 1 aromatic heterocycles. The SMILES string of the molecule is COc1c(C)cnc(CC2(CO)CCOCC2)c1C. The maximum Gasteiger partial charge on any atom is 0.128 e. The molecule has 4 heteroatoms. The van der Waals surface area contributed by atoms with Crippen molar-refractivity contribution in [3.05, 3.63) is 23.0 Å². The molecule has 4 nitrogen and oxygen atoms in total. The second-order valence-corrected chi connectivity index (χ2v) is 5.49. The summed E-state index contributed by atoms with van der Waals surface area (Å²) < 4.78 is 10.8. The van der Waals surface area contributed by atoms with Crippen LogP contribution < -0.4 is 4.74 Å². The summed E-state index contributed by atoms with van der Waals surface area (Å²) in [6.07, 6.45) is 4.42. The van der Waals surface area contributed by atoms with E-state index in [4.69, 9.17) is 9.47 Å². The lowest BCUT2D eigenvalue weighted by atomic mass is 9.76. The first-order valence-corrected chi connectivity index (χ1v) is 6.79. The fourth-order valence-electron chi connectivity index (χ4n) is 2.80. The number of aliphatic hydroxyl groups excluding tert-OH is 1. The van der Waals surface area contributed by atoms with Crippen molar-refractivity contribution in [1.29, 1.82) is 0 Å². The zero-order chi connectivity index (χ0) is 13.9. The van der Waals surface area contributed by atoms with Crippen molar-refractivity contribution in [3.63, 3.8) is 0 Å². The van der Waals surface area contributed by atoms with Crippen molar-refractivity contribution in [3.8, 4) is 5.75 Å². The van der Waals surface area contributed by atoms with Gasteiger partial charge in [-0.3, -0.25) is 4.98 Å². The van der Waals surface area contributed by atoms with Crippen LogP contribution in [0.5, 0.6) is 5.75 Å². The van der Waals surface area contributed by atoms with E-state index in [1.807, 2.05) is 20.0 Å². The van der Waals surface area contributed by atoms with Crippen LogP contribution >= 0.6 is 0 Å². The van der Waals surface area contributed by atoms with Gasteiger partial charge >= 0.3 is 0 Å². The van der Waals surface area contributed by atoms with Gasteiger partial charge in [0.05, 0.1) is 7.11 Å². The molecule has 2 heterocycles. The van der Waals surface area contributed by atoms with Gasteiger partial charge in [-0.15, -0.1) is 0 Å². The molecular formula is C15H23NO3. The van der Waals surface area contributed by atoms with Crippen LogP contribution in [-0.4, -0.2) is 37.0 Å². The summed E-state index contributed by atoms with van der Waals surface area (Å²) in [4.78, 5) is 4.54. The Bertz CT molecular complexity index is 439. The zero-order valence-corrected chi connectivity index (χ0v) is 12.0. The fraction of sp³-hybridized carbons (Fsp3) is 0.667. The number of ether oxygens (including phenoxy) is 2. The van der Waals surface area contributed by atoms with Gasteiger partial charge in [-0.05, 0) is 33.1 Å². The number of aryl methyl sites for hydroxylation is 1. The quantitative estimate of drug-likeness (QED) is 0.905. The second kappa shape index (κ2) is 5.88. The van der Waals surface area contributed by atoms with Gasteiger partial charge in [-0.25, -0.2) is 0 Å². The van der Waals surface area contributed by atoms with Gasteiger partial charge in [0.1, 0.15) is 5.75 Å². The van der Waals surface area contributed by atoms with E-state index in [0.29, 0.717) is 0 Å². The molecule has 0 saturated carbocycles. The van der Waals surface area contributed by atoms with Gasteiger partial charge < -0.3 is 14.6 Å². The Labute approximate surface area is 114 Å². The number of aliphatic hydroxyl groups is 1. The van der Waals surface area contributed by atoms with E-state index in [9.17, 15) is 5.11 Å². The Kier molecular flexibility index (Phi) is 4.42. The minimum Gasteiger partial charge on any atom is -0.496 e. The molecule has 1 N–H and O–H groups in total. The van der Waals surface area contributed by atoms with Crippen LogP contribution in [0.15, 0.2) is 6.20 Å². The number of nitrogens with zero attached hydrogens (tertiary/aromatic N) is 1. The maximum absolute atomic E-state index is 9.76. The van der Waals surface area contributed by atoms with Crippen LogP contribution in [0.1, 0.15) is 29.7 Å². The summed E-state index contributed by atoms with van der Waals surface area (Å²) in [5.41, 5.74) is 3.07. The molecule has 1 fully saturated rings. The molecule has 1 aliphatic heterocycles. The standard InChI is InChI=1S/C15H23NO3/c1-11-9-16-13(12(2)14(11)18-3)8-15(10-17)4-6-19-7-5-15/h9,17H,4-8,10H2,1-3H3. The molecule has 0 aromatic carbocycles. The average Bonchev–Trinajstić information content (AvgIpc) is 2.44. The van der Waals surface area contributed by atoms with E-state index in [-0.39, 0.29) is 12.0 Å². The highest BCUT2D eigenvalue weighted by molar-refractivity contribution is 5.41. The molecule has 0 aliphatic carbocycles. The van der Waals surface area contributed by atoms with Gasteiger partial charge in [-0.2, -0.15) is 0 Å². The third kappa shape index (κ3) is 2.90. The molecule has 0 amide bonds. The van der Waals surface area contributed by atoms with E-state index in [1.54, 1.807) is 7.11 Å². The Morgan fingerprint density at radius 1 is 1.37 bits per heavy atom. The van der Waals surface area contributed by atoms with Gasteiger partial charge in [0.25, 0.3) is 0 Å². The van der Waals surface area contributed by atoms with Crippen LogP contribution in [0.4, 0.5) is 0 Å². The smallest absolute Gasteiger partial charge is 0.128 e. The number of hydrogen-bond donors (Lipinski definition) is 1. The van der Waals surface area contributed by atoms with Crippen molar-refractivity contribution in [2.75, 3.05) is 26.9 Å². The van der Waals surface area contributed by atoms with E-state index < -0.39 is 0 Å². The van der Waals surface area contributed by atoms with Gasteiger partial charge in [0, 0.05) is 48.3 Å². The summed E-state index contributed by atoms with van der Waals surface area (Å²) in [6, 6.07) is 0. The second-order valence-electron chi connectivity index (χ2n) is 5.49. The summed E-state index contributed by atoms with van der Waals surface area (Å²) in [7, 11) is 1.69. The van der Waals surface area contributed by atoms with E-state index in [1.165, 1.54) is 0 Å². The molecule has 0 atom stereocenters. The summed E-state index contributed by atoms with van der Waals surface area (Å²) in [5.74, 6) is 0.908. The Morgan fingerprint density at radius 3 is 2.63 bits per heavy atom. The number of aromatic nitrogens is 1. The highest BCUT2D eigenvalue weighted by Gasteiger charge is 2.33. The number of pyridine rings is 1. The van der Waals surface area contributed by atoms with Crippen molar-refractivity contribution in [2.24, 2.45) is 5.41 Å². The van der Waals surface area contributed by atoms with Crippen molar-refractivity contribution < 1.29 is 14.6 Å². The number of hydrogen-bond acceptors (Lipinski definition) is 4. The first-order chi connectivity index (χ1) is 9.12. The monoisotopic (exact) mass is 265 g/mol. The number of rotatable bonds is 4. The van der Waals surface area contributed by atoms with Crippen molar-refractivity contribution >= 4 is 0 Å². The van der Waals surface area contributed by atoms with Crippen LogP contribution in [0.25, 0.3) is 0 Å². The van der Waals surface area contributed by atoms with Gasteiger partial charge in [-0.1, -0.05) is 0 Å². The zero-order valence-electron chi connectivity index (χ0n) is 12.0. The van der Waals surface area contributed by atoms with Crippen LogP contribution in [0.2, 0.25) is 0 Å².